The maximum absolute atomic E-state index is 13.8. The lowest BCUT2D eigenvalue weighted by molar-refractivity contribution is -0.126. The molecule has 0 saturated carbocycles. The van der Waals surface area contributed by atoms with Crippen molar-refractivity contribution in [1.29, 1.82) is 0 Å². The van der Waals surface area contributed by atoms with Crippen molar-refractivity contribution in [2.45, 2.75) is 32.1 Å². The number of rotatable bonds is 5. The Balaban J connectivity index is 1.40. The summed E-state index contributed by atoms with van der Waals surface area (Å²) in [6.45, 7) is 3.76. The summed E-state index contributed by atoms with van der Waals surface area (Å²) < 4.78 is 26.8. The van der Waals surface area contributed by atoms with Gasteiger partial charge in [0.05, 0.1) is 5.56 Å². The Bertz CT molecular complexity index is 697. The molecule has 0 unspecified atom stereocenters. The lowest BCUT2D eigenvalue weighted by atomic mass is 9.93. The molecule has 28 heavy (non-hydrogen) atoms. The van der Waals surface area contributed by atoms with Crippen LogP contribution in [0.2, 0.25) is 0 Å². The number of benzene rings is 1. The van der Waals surface area contributed by atoms with Crippen molar-refractivity contribution < 1.29 is 18.4 Å². The van der Waals surface area contributed by atoms with Crippen LogP contribution in [0.3, 0.4) is 0 Å². The monoisotopic (exact) mass is 393 g/mol. The molecule has 0 aliphatic carbocycles. The summed E-state index contributed by atoms with van der Waals surface area (Å²) in [5, 5.41) is 3.04. The van der Waals surface area contributed by atoms with Gasteiger partial charge in [-0.1, -0.05) is 0 Å². The summed E-state index contributed by atoms with van der Waals surface area (Å²) in [5.41, 5.74) is -0.123. The molecule has 0 spiro atoms. The fraction of sp³-hybridized carbons (Fsp3) is 0.619. The van der Waals surface area contributed by atoms with E-state index in [0.29, 0.717) is 38.4 Å². The summed E-state index contributed by atoms with van der Waals surface area (Å²) in [6, 6.07) is 2.98. The van der Waals surface area contributed by atoms with E-state index in [-0.39, 0.29) is 17.4 Å². The smallest absolute Gasteiger partial charge is 0.256 e. The van der Waals surface area contributed by atoms with Crippen molar-refractivity contribution in [2.75, 3.05) is 39.8 Å². The van der Waals surface area contributed by atoms with E-state index < -0.39 is 17.5 Å². The molecule has 2 amide bonds. The molecular formula is C21H29F2N3O2. The number of hydrogen-bond acceptors (Lipinski definition) is 3. The van der Waals surface area contributed by atoms with Gasteiger partial charge in [0.15, 0.2) is 0 Å². The van der Waals surface area contributed by atoms with Crippen LogP contribution in [0, 0.1) is 23.5 Å². The third-order valence-corrected chi connectivity index (χ3v) is 6.00. The van der Waals surface area contributed by atoms with Gasteiger partial charge in [0.1, 0.15) is 11.6 Å². The van der Waals surface area contributed by atoms with E-state index in [4.69, 9.17) is 0 Å². The molecule has 2 fully saturated rings. The predicted molar refractivity (Wildman–Crippen MR) is 103 cm³/mol. The molecular weight excluding hydrogens is 364 g/mol. The van der Waals surface area contributed by atoms with E-state index in [1.807, 2.05) is 0 Å². The highest BCUT2D eigenvalue weighted by Crippen LogP contribution is 2.22. The van der Waals surface area contributed by atoms with Gasteiger partial charge in [0.25, 0.3) is 5.91 Å². The highest BCUT2D eigenvalue weighted by molar-refractivity contribution is 5.94. The predicted octanol–water partition coefficient (Wildman–Crippen LogP) is 2.67. The number of carbonyl (C=O) groups is 2. The zero-order valence-corrected chi connectivity index (χ0v) is 16.4. The minimum absolute atomic E-state index is 0.0491. The molecule has 5 nitrogen and oxygen atoms in total. The molecule has 7 heteroatoms. The fourth-order valence-electron chi connectivity index (χ4n) is 4.07. The van der Waals surface area contributed by atoms with Crippen molar-refractivity contribution in [3.63, 3.8) is 0 Å². The molecule has 0 aromatic heterocycles. The van der Waals surface area contributed by atoms with Crippen LogP contribution in [0.15, 0.2) is 18.2 Å². The molecule has 2 saturated heterocycles. The van der Waals surface area contributed by atoms with Gasteiger partial charge < -0.3 is 15.1 Å². The van der Waals surface area contributed by atoms with E-state index in [9.17, 15) is 18.4 Å². The Morgan fingerprint density at radius 3 is 2.39 bits per heavy atom. The third kappa shape index (κ3) is 5.28. The van der Waals surface area contributed by atoms with Gasteiger partial charge >= 0.3 is 0 Å². The van der Waals surface area contributed by atoms with E-state index in [1.165, 1.54) is 18.9 Å². The van der Waals surface area contributed by atoms with Gasteiger partial charge in [0.2, 0.25) is 5.91 Å². The second kappa shape index (κ2) is 9.45. The molecule has 1 aromatic rings. The Kier molecular flexibility index (Phi) is 6.99. The Labute approximate surface area is 165 Å². The lowest BCUT2D eigenvalue weighted by Gasteiger charge is -2.32. The highest BCUT2D eigenvalue weighted by atomic mass is 19.1. The van der Waals surface area contributed by atoms with Crippen molar-refractivity contribution in [1.82, 2.24) is 15.1 Å². The Morgan fingerprint density at radius 2 is 1.75 bits per heavy atom. The van der Waals surface area contributed by atoms with Gasteiger partial charge in [-0.3, -0.25) is 9.59 Å². The summed E-state index contributed by atoms with van der Waals surface area (Å²) in [5.74, 6) is -1.38. The minimum atomic E-state index is -0.848. The maximum Gasteiger partial charge on any atom is 0.256 e. The number of piperidine rings is 2. The van der Waals surface area contributed by atoms with Crippen LogP contribution in [-0.4, -0.2) is 61.4 Å². The molecule has 0 radical (unpaired) electrons. The van der Waals surface area contributed by atoms with E-state index in [2.05, 4.69) is 17.3 Å². The van der Waals surface area contributed by atoms with Crippen LogP contribution >= 0.6 is 0 Å². The second-order valence-corrected chi connectivity index (χ2v) is 8.02. The standard InChI is InChI=1S/C21H29F2N3O2/c1-25-10-5-15(6-11-25)4-9-24-20(27)16-7-12-26(13-8-16)21(28)18-3-2-17(22)14-19(18)23/h2-3,14-16H,4-13H2,1H3,(H,24,27). The molecule has 3 rings (SSSR count). The minimum Gasteiger partial charge on any atom is -0.356 e. The quantitative estimate of drug-likeness (QED) is 0.837. The number of hydrogen-bond donors (Lipinski definition) is 1. The fourth-order valence-corrected chi connectivity index (χ4v) is 4.07. The van der Waals surface area contributed by atoms with Crippen molar-refractivity contribution in [2.24, 2.45) is 11.8 Å². The number of likely N-dealkylation sites (tertiary alicyclic amines) is 2. The molecule has 2 heterocycles. The SMILES string of the molecule is CN1CCC(CCNC(=O)C2CCN(C(=O)c3ccc(F)cc3F)CC2)CC1. The van der Waals surface area contributed by atoms with Crippen molar-refractivity contribution in [3.05, 3.63) is 35.4 Å². The van der Waals surface area contributed by atoms with E-state index >= 15 is 0 Å². The topological polar surface area (TPSA) is 52.7 Å². The third-order valence-electron chi connectivity index (χ3n) is 6.00. The number of amides is 2. The highest BCUT2D eigenvalue weighted by Gasteiger charge is 2.29. The van der Waals surface area contributed by atoms with Crippen LogP contribution in [0.1, 0.15) is 42.5 Å². The second-order valence-electron chi connectivity index (χ2n) is 8.02. The molecule has 0 bridgehead atoms. The summed E-state index contributed by atoms with van der Waals surface area (Å²) in [6.07, 6.45) is 4.52. The molecule has 154 valence electrons. The van der Waals surface area contributed by atoms with Gasteiger partial charge in [0, 0.05) is 31.6 Å². The summed E-state index contributed by atoms with van der Waals surface area (Å²) >= 11 is 0. The first kappa shape index (κ1) is 20.7. The maximum atomic E-state index is 13.8. The average Bonchev–Trinajstić information content (AvgIpc) is 2.69. The van der Waals surface area contributed by atoms with Crippen molar-refractivity contribution in [3.8, 4) is 0 Å². The van der Waals surface area contributed by atoms with Crippen LogP contribution in [0.25, 0.3) is 0 Å². The first-order chi connectivity index (χ1) is 13.4. The van der Waals surface area contributed by atoms with Crippen LogP contribution in [0.4, 0.5) is 8.78 Å². The number of carbonyl (C=O) groups excluding carboxylic acids is 2. The van der Waals surface area contributed by atoms with Crippen LogP contribution in [0.5, 0.6) is 0 Å². The number of nitrogens with zero attached hydrogens (tertiary/aromatic N) is 2. The van der Waals surface area contributed by atoms with Gasteiger partial charge in [-0.2, -0.15) is 0 Å². The zero-order valence-electron chi connectivity index (χ0n) is 16.4. The largest absolute Gasteiger partial charge is 0.356 e. The number of nitrogens with one attached hydrogen (secondary N) is 1. The average molecular weight is 393 g/mol. The normalized spacial score (nSPS) is 19.6. The molecule has 0 atom stereocenters. The van der Waals surface area contributed by atoms with Gasteiger partial charge in [-0.15, -0.1) is 0 Å². The first-order valence-electron chi connectivity index (χ1n) is 10.1. The Hall–Kier alpha value is -2.02. The van der Waals surface area contributed by atoms with E-state index in [0.717, 1.165) is 31.6 Å². The molecule has 1 aromatic carbocycles. The van der Waals surface area contributed by atoms with Crippen molar-refractivity contribution >= 4 is 11.8 Å². The lowest BCUT2D eigenvalue weighted by Crippen LogP contribution is -2.43. The number of halogens is 2. The summed E-state index contributed by atoms with van der Waals surface area (Å²) in [4.78, 5) is 28.7. The molecule has 2 aliphatic heterocycles. The summed E-state index contributed by atoms with van der Waals surface area (Å²) in [7, 11) is 2.14. The first-order valence-corrected chi connectivity index (χ1v) is 10.1. The molecule has 1 N–H and O–H groups in total. The van der Waals surface area contributed by atoms with Gasteiger partial charge in [-0.05, 0) is 70.3 Å². The van der Waals surface area contributed by atoms with Crippen LogP contribution < -0.4 is 5.32 Å². The Morgan fingerprint density at radius 1 is 1.07 bits per heavy atom. The van der Waals surface area contributed by atoms with Gasteiger partial charge in [-0.25, -0.2) is 8.78 Å². The van der Waals surface area contributed by atoms with E-state index in [1.54, 1.807) is 4.90 Å². The van der Waals surface area contributed by atoms with Crippen LogP contribution in [-0.2, 0) is 4.79 Å². The molecule has 2 aliphatic rings. The zero-order chi connectivity index (χ0) is 20.1.